The number of aromatic nitrogens is 3. The Morgan fingerprint density at radius 3 is 2.63 bits per heavy atom. The van der Waals surface area contributed by atoms with Crippen molar-refractivity contribution in [2.75, 3.05) is 31.7 Å². The van der Waals surface area contributed by atoms with Gasteiger partial charge >= 0.3 is 11.8 Å². The van der Waals surface area contributed by atoms with Crippen molar-refractivity contribution in [3.05, 3.63) is 70.8 Å². The van der Waals surface area contributed by atoms with Crippen LogP contribution in [0, 0.1) is 0 Å². The van der Waals surface area contributed by atoms with Crippen LogP contribution in [0.3, 0.4) is 0 Å². The zero-order valence-electron chi connectivity index (χ0n) is 22.2. The number of piperazine rings is 1. The summed E-state index contributed by atoms with van der Waals surface area (Å²) >= 11 is 0.959. The van der Waals surface area contributed by atoms with E-state index in [-0.39, 0.29) is 36.6 Å². The predicted octanol–water partition coefficient (Wildman–Crippen LogP) is 1.39. The number of ether oxygens (including phenoxy) is 3. The minimum atomic E-state index is -4.19. The van der Waals surface area contributed by atoms with Gasteiger partial charge in [-0.05, 0) is 35.9 Å². The number of carbonyl (C=O) groups is 3. The van der Waals surface area contributed by atoms with E-state index < -0.39 is 46.7 Å². The molecule has 0 aliphatic carbocycles. The topological polar surface area (TPSA) is 179 Å². The van der Waals surface area contributed by atoms with Gasteiger partial charge in [0.15, 0.2) is 11.5 Å². The van der Waals surface area contributed by atoms with E-state index in [2.05, 4.69) is 15.3 Å². The number of nitrogens with zero attached hydrogens (tertiary/aromatic N) is 5. The van der Waals surface area contributed by atoms with Crippen molar-refractivity contribution in [1.29, 1.82) is 0 Å². The minimum absolute atomic E-state index is 0.0638. The summed E-state index contributed by atoms with van der Waals surface area (Å²) < 4.78 is 44.0. The summed E-state index contributed by atoms with van der Waals surface area (Å²) in [6.45, 7) is -1.20. The number of rotatable bonds is 7. The van der Waals surface area contributed by atoms with Crippen molar-refractivity contribution in [3.8, 4) is 11.5 Å². The molecule has 0 atom stereocenters. The van der Waals surface area contributed by atoms with Crippen LogP contribution in [0.15, 0.2) is 63.9 Å². The molecule has 1 saturated heterocycles. The molecule has 17 heteroatoms. The highest BCUT2D eigenvalue weighted by atomic mass is 32.2. The lowest BCUT2D eigenvalue weighted by atomic mass is 10.2. The van der Waals surface area contributed by atoms with Crippen LogP contribution >= 0.6 is 11.3 Å². The van der Waals surface area contributed by atoms with Gasteiger partial charge in [-0.3, -0.25) is 19.5 Å². The molecule has 6 rings (SSSR count). The van der Waals surface area contributed by atoms with Crippen molar-refractivity contribution >= 4 is 55.3 Å². The van der Waals surface area contributed by atoms with Gasteiger partial charge in [0.25, 0.3) is 15.9 Å². The smallest absolute Gasteiger partial charge is 0.413 e. The van der Waals surface area contributed by atoms with Gasteiger partial charge in [0.05, 0.1) is 16.8 Å². The highest BCUT2D eigenvalue weighted by Crippen LogP contribution is 2.32. The Labute approximate surface area is 247 Å². The fourth-order valence-electron chi connectivity index (χ4n) is 4.37. The lowest BCUT2D eigenvalue weighted by Gasteiger charge is -2.33. The van der Waals surface area contributed by atoms with Crippen LogP contribution in [0.25, 0.3) is 10.2 Å². The number of amides is 3. The molecule has 0 spiro atoms. The number of sulfonamides is 1. The fraction of sp³-hybridized carbons (Fsp3) is 0.231. The van der Waals surface area contributed by atoms with E-state index in [1.807, 2.05) is 0 Å². The Morgan fingerprint density at radius 2 is 1.84 bits per heavy atom. The van der Waals surface area contributed by atoms with Crippen LogP contribution in [0.5, 0.6) is 11.5 Å². The molecule has 0 bridgehead atoms. The average Bonchev–Trinajstić information content (AvgIpc) is 3.64. The van der Waals surface area contributed by atoms with E-state index in [1.54, 1.807) is 42.5 Å². The Hall–Kier alpha value is -5.03. The molecule has 1 N–H and O–H groups in total. The molecule has 0 unspecified atom stereocenters. The summed E-state index contributed by atoms with van der Waals surface area (Å²) in [6.07, 6.45) is 0.409. The van der Waals surface area contributed by atoms with Gasteiger partial charge in [-0.15, -0.1) is 11.3 Å². The van der Waals surface area contributed by atoms with Gasteiger partial charge in [0.1, 0.15) is 25.5 Å². The minimum Gasteiger partial charge on any atom is -0.454 e. The number of anilines is 1. The number of benzene rings is 2. The Bertz CT molecular complexity index is 1890. The van der Waals surface area contributed by atoms with Crippen molar-refractivity contribution in [2.24, 2.45) is 0 Å². The normalized spacial score (nSPS) is 14.7. The van der Waals surface area contributed by atoms with E-state index in [9.17, 15) is 27.6 Å². The Kier molecular flexibility index (Phi) is 7.41. The number of para-hydroxylation sites is 1. The molecule has 222 valence electrons. The van der Waals surface area contributed by atoms with Gasteiger partial charge in [-0.25, -0.2) is 18.9 Å². The van der Waals surface area contributed by atoms with Crippen molar-refractivity contribution in [1.82, 2.24) is 23.7 Å². The quantitative estimate of drug-likeness (QED) is 0.313. The Morgan fingerprint density at radius 1 is 1.02 bits per heavy atom. The number of carbonyl (C=O) groups excluding carboxylic acids is 3. The van der Waals surface area contributed by atoms with E-state index in [1.165, 1.54) is 17.2 Å². The van der Waals surface area contributed by atoms with Crippen LogP contribution in [-0.4, -0.2) is 76.5 Å². The van der Waals surface area contributed by atoms with Crippen molar-refractivity contribution < 1.29 is 37.0 Å². The molecule has 4 heterocycles. The highest BCUT2D eigenvalue weighted by molar-refractivity contribution is 7.91. The summed E-state index contributed by atoms with van der Waals surface area (Å²) in [7, 11) is -4.19. The van der Waals surface area contributed by atoms with Crippen LogP contribution in [-0.2, 0) is 37.5 Å². The molecule has 15 nitrogen and oxygen atoms in total. The first kappa shape index (κ1) is 28.1. The van der Waals surface area contributed by atoms with E-state index in [0.717, 1.165) is 15.9 Å². The lowest BCUT2D eigenvalue weighted by molar-refractivity contribution is -0.142. The molecular formula is C26H22N6O9S2. The monoisotopic (exact) mass is 626 g/mol. The molecule has 3 amide bonds. The first-order valence-electron chi connectivity index (χ1n) is 12.8. The van der Waals surface area contributed by atoms with E-state index >= 15 is 0 Å². The van der Waals surface area contributed by atoms with E-state index in [4.69, 9.17) is 14.2 Å². The Balaban J connectivity index is 1.02. The molecule has 43 heavy (non-hydrogen) atoms. The van der Waals surface area contributed by atoms with Crippen molar-refractivity contribution in [3.63, 3.8) is 0 Å². The third-order valence-corrected chi connectivity index (χ3v) is 9.74. The second-order valence-corrected chi connectivity index (χ2v) is 12.4. The van der Waals surface area contributed by atoms with Gasteiger partial charge in [-0.1, -0.05) is 18.2 Å². The second kappa shape index (κ2) is 11.3. The highest BCUT2D eigenvalue weighted by Gasteiger charge is 2.37. The fourth-order valence-corrected chi connectivity index (χ4v) is 7.07. The second-order valence-electron chi connectivity index (χ2n) is 9.35. The molecular weight excluding hydrogens is 604 g/mol. The summed E-state index contributed by atoms with van der Waals surface area (Å²) in [5.74, 6) is -0.324. The molecule has 4 aromatic rings. The standard InChI is InChI=1S/C26H22N6O9S2/c33-22(30-9-10-32(23(34)13-30)43(37,38)26-27-17-3-1-2-4-20(17)42-26)12-31-8-7-21(28-24(31)35)29-25(36)39-14-16-5-6-18-19(11-16)41-15-40-18/h1-8,11H,9-10,12-15H2,(H,28,29,35,36). The molecule has 0 saturated carbocycles. The molecule has 0 radical (unpaired) electrons. The summed E-state index contributed by atoms with van der Waals surface area (Å²) in [6, 6.07) is 13.3. The lowest BCUT2D eigenvalue weighted by Crippen LogP contribution is -2.54. The summed E-state index contributed by atoms with van der Waals surface area (Å²) in [5, 5.41) is 2.35. The maximum absolute atomic E-state index is 13.1. The van der Waals surface area contributed by atoms with Crippen molar-refractivity contribution in [2.45, 2.75) is 17.5 Å². The number of thiazole rings is 1. The van der Waals surface area contributed by atoms with Crippen LogP contribution in [0.2, 0.25) is 0 Å². The van der Waals surface area contributed by atoms with Crippen LogP contribution in [0.1, 0.15) is 5.56 Å². The van der Waals surface area contributed by atoms with E-state index in [0.29, 0.717) is 31.6 Å². The van der Waals surface area contributed by atoms with Gasteiger partial charge < -0.3 is 19.1 Å². The maximum Gasteiger partial charge on any atom is 0.413 e. The number of nitrogens with one attached hydrogen (secondary N) is 1. The molecule has 2 aliphatic rings. The first-order chi connectivity index (χ1) is 20.7. The maximum atomic E-state index is 13.1. The zero-order valence-corrected chi connectivity index (χ0v) is 23.8. The van der Waals surface area contributed by atoms with Crippen LogP contribution in [0.4, 0.5) is 10.6 Å². The molecule has 1 fully saturated rings. The number of fused-ring (bicyclic) bond motifs is 2. The predicted molar refractivity (Wildman–Crippen MR) is 150 cm³/mol. The molecule has 2 aromatic heterocycles. The average molecular weight is 627 g/mol. The number of hydrogen-bond acceptors (Lipinski definition) is 12. The third kappa shape index (κ3) is 5.84. The first-order valence-corrected chi connectivity index (χ1v) is 15.0. The molecule has 2 aliphatic heterocycles. The third-order valence-electron chi connectivity index (χ3n) is 6.53. The summed E-state index contributed by atoms with van der Waals surface area (Å²) in [4.78, 5) is 59.4. The SMILES string of the molecule is O=C(Nc1ccn(CC(=O)N2CCN(S(=O)(=O)c3nc4ccccc4s3)C(=O)C2)c(=O)n1)OCc1ccc2c(c1)OCO2. The van der Waals surface area contributed by atoms with Gasteiger partial charge in [-0.2, -0.15) is 13.4 Å². The largest absolute Gasteiger partial charge is 0.454 e. The van der Waals surface area contributed by atoms with Gasteiger partial charge in [0.2, 0.25) is 17.0 Å². The summed E-state index contributed by atoms with van der Waals surface area (Å²) in [5.41, 5.74) is 0.339. The van der Waals surface area contributed by atoms with Gasteiger partial charge in [0, 0.05) is 12.7 Å². The number of hydrogen-bond donors (Lipinski definition) is 1. The van der Waals surface area contributed by atoms with Crippen LogP contribution < -0.4 is 20.5 Å². The molecule has 2 aromatic carbocycles. The zero-order chi connectivity index (χ0) is 30.1.